The Bertz CT molecular complexity index is 222. The number of unbranched alkanes of at least 4 members (excludes halogenated alkanes) is 5. The summed E-state index contributed by atoms with van der Waals surface area (Å²) < 4.78 is 0. The maximum Gasteiger partial charge on any atom is 0.303 e. The van der Waals surface area contributed by atoms with E-state index >= 15 is 0 Å². The number of thioether (sulfide) groups is 1. The molecule has 0 aromatic heterocycles. The van der Waals surface area contributed by atoms with Crippen molar-refractivity contribution >= 4 is 17.7 Å². The third kappa shape index (κ3) is 13.3. The average molecular weight is 242 g/mol. The van der Waals surface area contributed by atoms with E-state index in [9.17, 15) is 4.79 Å². The van der Waals surface area contributed by atoms with Crippen LogP contribution in [0.4, 0.5) is 0 Å². The molecule has 0 aliphatic heterocycles. The topological polar surface area (TPSA) is 37.3 Å². The lowest BCUT2D eigenvalue weighted by Gasteiger charge is -1.97. The molecule has 16 heavy (non-hydrogen) atoms. The Labute approximate surface area is 103 Å². The predicted octanol–water partition coefficient (Wildman–Crippen LogP) is 4.23. The van der Waals surface area contributed by atoms with Crippen LogP contribution in [0.15, 0.2) is 23.6 Å². The second-order valence-electron chi connectivity index (χ2n) is 3.69. The Morgan fingerprint density at radius 1 is 1.12 bits per heavy atom. The Hall–Kier alpha value is -0.700. The lowest BCUT2D eigenvalue weighted by molar-refractivity contribution is -0.137. The lowest BCUT2D eigenvalue weighted by Crippen LogP contribution is -1.93. The van der Waals surface area contributed by atoms with Gasteiger partial charge in [0.2, 0.25) is 0 Å². The highest BCUT2D eigenvalue weighted by Gasteiger charge is 1.95. The second-order valence-corrected chi connectivity index (χ2v) is 4.44. The summed E-state index contributed by atoms with van der Waals surface area (Å²) in [5, 5.41) is 10.5. The molecule has 0 bridgehead atoms. The highest BCUT2D eigenvalue weighted by Crippen LogP contribution is 2.07. The van der Waals surface area contributed by atoms with Crippen LogP contribution in [0.3, 0.4) is 0 Å². The molecule has 0 saturated carbocycles. The van der Waals surface area contributed by atoms with Crippen molar-refractivity contribution in [2.24, 2.45) is 0 Å². The molecule has 0 radical (unpaired) electrons. The van der Waals surface area contributed by atoms with Gasteiger partial charge in [-0.3, -0.25) is 4.79 Å². The van der Waals surface area contributed by atoms with Gasteiger partial charge >= 0.3 is 5.97 Å². The molecule has 0 aromatic carbocycles. The Balaban J connectivity index is 3.12. The predicted molar refractivity (Wildman–Crippen MR) is 71.7 cm³/mol. The molecule has 0 rings (SSSR count). The molecule has 1 N–H and O–H groups in total. The van der Waals surface area contributed by atoms with Crippen LogP contribution in [0.5, 0.6) is 0 Å². The zero-order chi connectivity index (χ0) is 12.1. The van der Waals surface area contributed by atoms with E-state index in [4.69, 9.17) is 5.11 Å². The van der Waals surface area contributed by atoms with Crippen LogP contribution in [0.1, 0.15) is 44.9 Å². The molecular weight excluding hydrogens is 220 g/mol. The van der Waals surface area contributed by atoms with E-state index in [1.54, 1.807) is 11.8 Å². The highest BCUT2D eigenvalue weighted by molar-refractivity contribution is 8.01. The molecule has 3 heteroatoms. The Morgan fingerprint density at radius 3 is 2.50 bits per heavy atom. The monoisotopic (exact) mass is 242 g/mol. The smallest absolute Gasteiger partial charge is 0.303 e. The van der Waals surface area contributed by atoms with Crippen molar-refractivity contribution in [3.63, 3.8) is 0 Å². The fraction of sp³-hybridized carbons (Fsp3) is 0.615. The first kappa shape index (κ1) is 15.3. The summed E-state index contributed by atoms with van der Waals surface area (Å²) in [4.78, 5) is 10.2. The van der Waals surface area contributed by atoms with Crippen molar-refractivity contribution in [3.05, 3.63) is 23.6 Å². The number of allylic oxidation sites excluding steroid dienone is 3. The van der Waals surface area contributed by atoms with E-state index in [0.717, 1.165) is 25.7 Å². The quantitative estimate of drug-likeness (QED) is 0.460. The Morgan fingerprint density at radius 2 is 1.81 bits per heavy atom. The van der Waals surface area contributed by atoms with Gasteiger partial charge in [-0.15, -0.1) is 11.8 Å². The summed E-state index contributed by atoms with van der Waals surface area (Å²) in [6.45, 7) is 0. The SMILES string of the molecule is CS/C=C/C=C\CCCCCCCC(=O)O. The van der Waals surface area contributed by atoms with E-state index in [-0.39, 0.29) is 0 Å². The average Bonchev–Trinajstić information content (AvgIpc) is 2.25. The third-order valence-electron chi connectivity index (χ3n) is 2.22. The molecule has 0 atom stereocenters. The van der Waals surface area contributed by atoms with Gasteiger partial charge < -0.3 is 5.11 Å². The first-order valence-electron chi connectivity index (χ1n) is 5.83. The first-order chi connectivity index (χ1) is 7.77. The molecule has 0 unspecified atom stereocenters. The number of carbonyl (C=O) groups is 1. The summed E-state index contributed by atoms with van der Waals surface area (Å²) in [5.41, 5.74) is 0. The van der Waals surface area contributed by atoms with Gasteiger partial charge in [0.1, 0.15) is 0 Å². The minimum Gasteiger partial charge on any atom is -0.481 e. The first-order valence-corrected chi connectivity index (χ1v) is 7.12. The number of rotatable bonds is 10. The standard InChI is InChI=1S/C13H22O2S/c1-16-12-10-8-6-4-2-3-5-7-9-11-13(14)15/h6,8,10,12H,2-5,7,9,11H2,1H3,(H,14,15)/b8-6-,12-10+. The minimum atomic E-state index is -0.677. The third-order valence-corrected chi connectivity index (χ3v) is 2.65. The molecule has 0 aromatic rings. The van der Waals surface area contributed by atoms with Crippen molar-refractivity contribution < 1.29 is 9.90 Å². The number of hydrogen-bond donors (Lipinski definition) is 1. The van der Waals surface area contributed by atoms with Gasteiger partial charge in [0.25, 0.3) is 0 Å². The van der Waals surface area contributed by atoms with Gasteiger partial charge in [0.15, 0.2) is 0 Å². The molecule has 92 valence electrons. The van der Waals surface area contributed by atoms with Gasteiger partial charge in [0.05, 0.1) is 0 Å². The summed E-state index contributed by atoms with van der Waals surface area (Å²) in [7, 11) is 0. The van der Waals surface area contributed by atoms with Crippen molar-refractivity contribution in [1.29, 1.82) is 0 Å². The van der Waals surface area contributed by atoms with Gasteiger partial charge in [-0.25, -0.2) is 0 Å². The van der Waals surface area contributed by atoms with Gasteiger partial charge in [-0.05, 0) is 30.9 Å². The van der Waals surface area contributed by atoms with Crippen molar-refractivity contribution in [2.75, 3.05) is 6.26 Å². The Kier molecular flexibility index (Phi) is 11.8. The van der Waals surface area contributed by atoms with E-state index in [0.29, 0.717) is 6.42 Å². The number of aliphatic carboxylic acids is 1. The van der Waals surface area contributed by atoms with Crippen LogP contribution in [0.25, 0.3) is 0 Å². The van der Waals surface area contributed by atoms with Gasteiger partial charge in [-0.2, -0.15) is 0 Å². The zero-order valence-corrected chi connectivity index (χ0v) is 10.8. The van der Waals surface area contributed by atoms with Crippen LogP contribution < -0.4 is 0 Å². The van der Waals surface area contributed by atoms with Crippen LogP contribution in [0, 0.1) is 0 Å². The summed E-state index contributed by atoms with van der Waals surface area (Å²) >= 11 is 1.70. The van der Waals surface area contributed by atoms with Crippen LogP contribution >= 0.6 is 11.8 Å². The number of carboxylic acid groups (broad SMARTS) is 1. The van der Waals surface area contributed by atoms with E-state index in [1.807, 2.05) is 6.26 Å². The molecule has 0 saturated heterocycles. The lowest BCUT2D eigenvalue weighted by atomic mass is 10.1. The maximum atomic E-state index is 10.2. The van der Waals surface area contributed by atoms with Crippen LogP contribution in [-0.2, 0) is 4.79 Å². The van der Waals surface area contributed by atoms with Gasteiger partial charge in [0, 0.05) is 6.42 Å². The van der Waals surface area contributed by atoms with E-state index in [2.05, 4.69) is 23.6 Å². The van der Waals surface area contributed by atoms with Crippen LogP contribution in [0.2, 0.25) is 0 Å². The zero-order valence-electron chi connectivity index (χ0n) is 10.0. The number of carboxylic acids is 1. The van der Waals surface area contributed by atoms with Gasteiger partial charge in [-0.1, -0.05) is 37.5 Å². The van der Waals surface area contributed by atoms with E-state index < -0.39 is 5.97 Å². The van der Waals surface area contributed by atoms with E-state index in [1.165, 1.54) is 12.8 Å². The maximum absolute atomic E-state index is 10.2. The second kappa shape index (κ2) is 12.4. The molecule has 0 aliphatic carbocycles. The molecule has 0 amide bonds. The highest BCUT2D eigenvalue weighted by atomic mass is 32.2. The number of hydrogen-bond acceptors (Lipinski definition) is 2. The van der Waals surface area contributed by atoms with Crippen molar-refractivity contribution in [1.82, 2.24) is 0 Å². The van der Waals surface area contributed by atoms with Crippen molar-refractivity contribution in [2.45, 2.75) is 44.9 Å². The molecule has 0 heterocycles. The minimum absolute atomic E-state index is 0.319. The fourth-order valence-corrected chi connectivity index (χ4v) is 1.62. The normalized spacial score (nSPS) is 11.6. The van der Waals surface area contributed by atoms with Crippen LogP contribution in [-0.4, -0.2) is 17.3 Å². The summed E-state index contributed by atoms with van der Waals surface area (Å²) in [6, 6.07) is 0. The largest absolute Gasteiger partial charge is 0.481 e. The molecule has 0 fully saturated rings. The van der Waals surface area contributed by atoms with Crippen molar-refractivity contribution in [3.8, 4) is 0 Å². The molecular formula is C13H22O2S. The molecule has 0 spiro atoms. The summed E-state index contributed by atoms with van der Waals surface area (Å²) in [5.74, 6) is -0.677. The molecule has 0 aliphatic rings. The molecule has 2 nitrogen and oxygen atoms in total. The fourth-order valence-electron chi connectivity index (χ4n) is 1.37. The summed E-state index contributed by atoms with van der Waals surface area (Å²) in [6.07, 6.45) is 15.2.